The summed E-state index contributed by atoms with van der Waals surface area (Å²) in [5, 5.41) is 4.80. The molecule has 0 saturated heterocycles. The fourth-order valence-corrected chi connectivity index (χ4v) is 2.87. The van der Waals surface area contributed by atoms with Gasteiger partial charge in [0.05, 0.1) is 5.01 Å². The highest BCUT2D eigenvalue weighted by atomic mass is 32.1. The summed E-state index contributed by atoms with van der Waals surface area (Å²) in [6.07, 6.45) is 7.27. The lowest BCUT2D eigenvalue weighted by Gasteiger charge is -2.38. The quantitative estimate of drug-likeness (QED) is 0.831. The number of rotatable bonds is 5. The second-order valence-electron chi connectivity index (χ2n) is 4.84. The number of nitrogens with zero attached hydrogens (tertiary/aromatic N) is 1. The molecule has 0 aliphatic heterocycles. The van der Waals surface area contributed by atoms with E-state index in [2.05, 4.69) is 24.1 Å². The van der Waals surface area contributed by atoms with Gasteiger partial charge in [-0.25, -0.2) is 4.98 Å². The van der Waals surface area contributed by atoms with Crippen molar-refractivity contribution in [2.45, 2.75) is 46.1 Å². The molecule has 0 bridgehead atoms. The van der Waals surface area contributed by atoms with Crippen LogP contribution in [0.1, 0.15) is 43.0 Å². The third kappa shape index (κ3) is 2.79. The van der Waals surface area contributed by atoms with Gasteiger partial charge in [0.2, 0.25) is 0 Å². The Morgan fingerprint density at radius 1 is 1.53 bits per heavy atom. The lowest BCUT2D eigenvalue weighted by Crippen LogP contribution is -2.36. The molecule has 1 aliphatic carbocycles. The summed E-state index contributed by atoms with van der Waals surface area (Å²) in [6, 6.07) is 0. The van der Waals surface area contributed by atoms with Gasteiger partial charge in [-0.3, -0.25) is 0 Å². The van der Waals surface area contributed by atoms with Gasteiger partial charge in [0.15, 0.2) is 0 Å². The summed E-state index contributed by atoms with van der Waals surface area (Å²) in [5.74, 6) is 0. The first-order valence-corrected chi connectivity index (χ1v) is 6.68. The van der Waals surface area contributed by atoms with Crippen LogP contribution in [0.25, 0.3) is 0 Å². The van der Waals surface area contributed by atoms with Gasteiger partial charge in [-0.2, -0.15) is 0 Å². The van der Waals surface area contributed by atoms with E-state index in [1.54, 1.807) is 0 Å². The average molecular weight is 224 g/mol. The van der Waals surface area contributed by atoms with Gasteiger partial charge in [0, 0.05) is 24.2 Å². The van der Waals surface area contributed by atoms with Crippen molar-refractivity contribution >= 4 is 11.3 Å². The summed E-state index contributed by atoms with van der Waals surface area (Å²) < 4.78 is 0. The molecule has 0 amide bonds. The van der Waals surface area contributed by atoms with E-state index in [1.165, 1.54) is 29.1 Å². The van der Waals surface area contributed by atoms with Gasteiger partial charge >= 0.3 is 0 Å². The number of aryl methyl sites for hydroxylation is 1. The predicted octanol–water partition coefficient (Wildman–Crippen LogP) is 2.99. The molecule has 1 N–H and O–H groups in total. The van der Waals surface area contributed by atoms with Crippen molar-refractivity contribution in [1.82, 2.24) is 10.3 Å². The second-order valence-corrected chi connectivity index (χ2v) is 6.04. The molecule has 0 aromatic carbocycles. The van der Waals surface area contributed by atoms with Crippen molar-refractivity contribution in [1.29, 1.82) is 0 Å². The molecule has 1 aliphatic rings. The van der Waals surface area contributed by atoms with E-state index in [4.69, 9.17) is 0 Å². The first kappa shape index (κ1) is 11.1. The Labute approximate surface area is 96.1 Å². The van der Waals surface area contributed by atoms with Crippen LogP contribution in [0, 0.1) is 5.41 Å². The lowest BCUT2D eigenvalue weighted by molar-refractivity contribution is 0.156. The van der Waals surface area contributed by atoms with Gasteiger partial charge in [0.25, 0.3) is 0 Å². The van der Waals surface area contributed by atoms with Crippen molar-refractivity contribution in [2.75, 3.05) is 6.54 Å². The molecular formula is C12H20N2S. The molecule has 0 atom stereocenters. The van der Waals surface area contributed by atoms with Crippen molar-refractivity contribution in [3.05, 3.63) is 16.1 Å². The monoisotopic (exact) mass is 224 g/mol. The molecule has 2 rings (SSSR count). The van der Waals surface area contributed by atoms with E-state index in [1.807, 2.05) is 17.5 Å². The van der Waals surface area contributed by atoms with Crippen LogP contribution in [0.3, 0.4) is 0 Å². The van der Waals surface area contributed by atoms with E-state index in [0.717, 1.165) is 19.5 Å². The van der Waals surface area contributed by atoms with Gasteiger partial charge in [-0.05, 0) is 24.7 Å². The van der Waals surface area contributed by atoms with E-state index in [0.29, 0.717) is 5.41 Å². The Morgan fingerprint density at radius 3 is 2.87 bits per heavy atom. The van der Waals surface area contributed by atoms with Crippen LogP contribution in [-0.2, 0) is 13.0 Å². The highest BCUT2D eigenvalue weighted by Gasteiger charge is 2.30. The Morgan fingerprint density at radius 2 is 2.33 bits per heavy atom. The van der Waals surface area contributed by atoms with Gasteiger partial charge in [-0.1, -0.05) is 20.3 Å². The van der Waals surface area contributed by atoms with Crippen LogP contribution in [0.5, 0.6) is 0 Å². The number of hydrogen-bond donors (Lipinski definition) is 1. The van der Waals surface area contributed by atoms with Gasteiger partial charge in [0.1, 0.15) is 0 Å². The molecule has 84 valence electrons. The maximum Gasteiger partial charge on any atom is 0.0925 e. The minimum absolute atomic E-state index is 0.582. The zero-order valence-electron chi connectivity index (χ0n) is 9.68. The Bertz CT molecular complexity index is 315. The molecule has 1 aromatic heterocycles. The van der Waals surface area contributed by atoms with Gasteiger partial charge < -0.3 is 5.32 Å². The average Bonchev–Trinajstić information content (AvgIpc) is 2.63. The summed E-state index contributed by atoms with van der Waals surface area (Å²) in [5.41, 5.74) is 0.582. The number of aromatic nitrogens is 1. The molecule has 1 fully saturated rings. The second kappa shape index (κ2) is 4.62. The molecule has 0 radical (unpaired) electrons. The van der Waals surface area contributed by atoms with Crippen LogP contribution < -0.4 is 5.32 Å². The highest BCUT2D eigenvalue weighted by molar-refractivity contribution is 7.11. The van der Waals surface area contributed by atoms with E-state index < -0.39 is 0 Å². The van der Waals surface area contributed by atoms with Crippen molar-refractivity contribution in [3.63, 3.8) is 0 Å². The van der Waals surface area contributed by atoms with E-state index in [9.17, 15) is 0 Å². The SMILES string of the molecule is CCc1ncc(CNCC2(C)CCC2)s1. The fraction of sp³-hybridized carbons (Fsp3) is 0.750. The fourth-order valence-electron chi connectivity index (χ4n) is 2.04. The molecule has 1 saturated carbocycles. The van der Waals surface area contributed by atoms with Crippen LogP contribution >= 0.6 is 11.3 Å². The normalized spacial score (nSPS) is 18.8. The number of thiazole rings is 1. The van der Waals surface area contributed by atoms with Gasteiger partial charge in [-0.15, -0.1) is 11.3 Å². The Kier molecular flexibility index (Phi) is 3.42. The number of nitrogens with one attached hydrogen (secondary N) is 1. The lowest BCUT2D eigenvalue weighted by atomic mass is 9.70. The largest absolute Gasteiger partial charge is 0.311 e. The first-order chi connectivity index (χ1) is 7.22. The first-order valence-electron chi connectivity index (χ1n) is 5.86. The number of hydrogen-bond acceptors (Lipinski definition) is 3. The third-order valence-corrected chi connectivity index (χ3v) is 4.46. The molecule has 1 heterocycles. The molecular weight excluding hydrogens is 204 g/mol. The summed E-state index contributed by atoms with van der Waals surface area (Å²) >= 11 is 1.84. The van der Waals surface area contributed by atoms with Crippen molar-refractivity contribution in [2.24, 2.45) is 5.41 Å². The summed E-state index contributed by atoms with van der Waals surface area (Å²) in [4.78, 5) is 5.73. The molecule has 15 heavy (non-hydrogen) atoms. The van der Waals surface area contributed by atoms with Crippen molar-refractivity contribution in [3.8, 4) is 0 Å². The van der Waals surface area contributed by atoms with Crippen LogP contribution in [0.15, 0.2) is 6.20 Å². The van der Waals surface area contributed by atoms with Crippen LogP contribution in [0.2, 0.25) is 0 Å². The predicted molar refractivity (Wildman–Crippen MR) is 65.2 cm³/mol. The smallest absolute Gasteiger partial charge is 0.0925 e. The summed E-state index contributed by atoms with van der Waals surface area (Å²) in [7, 11) is 0. The molecule has 2 nitrogen and oxygen atoms in total. The maximum absolute atomic E-state index is 4.36. The third-order valence-electron chi connectivity index (χ3n) is 3.32. The van der Waals surface area contributed by atoms with Crippen LogP contribution in [0.4, 0.5) is 0 Å². The Hall–Kier alpha value is -0.410. The van der Waals surface area contributed by atoms with Crippen molar-refractivity contribution < 1.29 is 0 Å². The highest BCUT2D eigenvalue weighted by Crippen LogP contribution is 2.39. The Balaban J connectivity index is 1.73. The topological polar surface area (TPSA) is 24.9 Å². The standard InChI is InChI=1S/C12H20N2S/c1-3-11-14-8-10(15-11)7-13-9-12(2)5-4-6-12/h8,13H,3-7,9H2,1-2H3. The zero-order chi connectivity index (χ0) is 10.7. The van der Waals surface area contributed by atoms with Crippen LogP contribution in [-0.4, -0.2) is 11.5 Å². The molecule has 0 spiro atoms. The zero-order valence-corrected chi connectivity index (χ0v) is 10.5. The van der Waals surface area contributed by atoms with E-state index >= 15 is 0 Å². The minimum Gasteiger partial charge on any atom is -0.311 e. The van der Waals surface area contributed by atoms with E-state index in [-0.39, 0.29) is 0 Å². The molecule has 1 aromatic rings. The molecule has 3 heteroatoms. The summed E-state index contributed by atoms with van der Waals surface area (Å²) in [6.45, 7) is 6.69. The minimum atomic E-state index is 0.582. The molecule has 0 unspecified atom stereocenters. The maximum atomic E-state index is 4.36.